The van der Waals surface area contributed by atoms with Gasteiger partial charge in [0.1, 0.15) is 11.6 Å². The van der Waals surface area contributed by atoms with Gasteiger partial charge in [-0.25, -0.2) is 10.8 Å². The molecule has 0 unspecified atom stereocenters. The summed E-state index contributed by atoms with van der Waals surface area (Å²) in [4.78, 5) is 6.10. The predicted octanol–water partition coefficient (Wildman–Crippen LogP) is 0.433. The Hall–Kier alpha value is -1.29. The van der Waals surface area contributed by atoms with Crippen molar-refractivity contribution in [3.8, 4) is 0 Å². The summed E-state index contributed by atoms with van der Waals surface area (Å²) in [5.74, 6) is 6.75. The Morgan fingerprint density at radius 2 is 2.18 bits per heavy atom. The zero-order chi connectivity index (χ0) is 8.27. The van der Waals surface area contributed by atoms with E-state index >= 15 is 0 Å². The van der Waals surface area contributed by atoms with E-state index in [1.54, 1.807) is 0 Å². The lowest BCUT2D eigenvalue weighted by Crippen LogP contribution is -2.13. The lowest BCUT2D eigenvalue weighted by atomic mass is 10.4. The number of nitrogen functional groups attached to an aromatic ring is 1. The Kier molecular flexibility index (Phi) is 2.28. The summed E-state index contributed by atoms with van der Waals surface area (Å²) in [6.45, 7) is 0. The number of hydrogen-bond acceptors (Lipinski definition) is 4. The second-order valence-electron chi connectivity index (χ2n) is 2.42. The van der Waals surface area contributed by atoms with Crippen molar-refractivity contribution in [1.29, 1.82) is 0 Å². The van der Waals surface area contributed by atoms with E-state index in [-0.39, 0.29) is 0 Å². The molecule has 0 saturated heterocycles. The highest BCUT2D eigenvalue weighted by Crippen LogP contribution is 2.09. The van der Waals surface area contributed by atoms with Crippen molar-refractivity contribution in [1.82, 2.24) is 4.98 Å². The van der Waals surface area contributed by atoms with Crippen molar-refractivity contribution >= 4 is 11.6 Å². The predicted molar refractivity (Wildman–Crippen MR) is 46.4 cm³/mol. The van der Waals surface area contributed by atoms with Gasteiger partial charge in [0.25, 0.3) is 0 Å². The highest BCUT2D eigenvalue weighted by Gasteiger charge is 1.95. The van der Waals surface area contributed by atoms with E-state index in [1.165, 1.54) is 0 Å². The van der Waals surface area contributed by atoms with Crippen molar-refractivity contribution < 1.29 is 0 Å². The first kappa shape index (κ1) is 7.81. The molecule has 11 heavy (non-hydrogen) atoms. The third-order valence-electron chi connectivity index (χ3n) is 1.34. The van der Waals surface area contributed by atoms with Gasteiger partial charge in [0, 0.05) is 14.1 Å². The monoisotopic (exact) mass is 152 g/mol. The number of anilines is 2. The molecule has 0 saturated carbocycles. The maximum absolute atomic E-state index is 5.19. The molecule has 0 amide bonds. The number of aromatic nitrogens is 1. The Morgan fingerprint density at radius 3 is 2.73 bits per heavy atom. The molecule has 0 aliphatic carbocycles. The molecule has 4 nitrogen and oxygen atoms in total. The van der Waals surface area contributed by atoms with Crippen LogP contribution in [-0.2, 0) is 0 Å². The number of nitrogens with two attached hydrogens (primary N) is 1. The normalized spacial score (nSPS) is 9.36. The smallest absolute Gasteiger partial charge is 0.142 e. The van der Waals surface area contributed by atoms with Crippen LogP contribution in [0.1, 0.15) is 0 Å². The minimum Gasteiger partial charge on any atom is -0.363 e. The number of rotatable bonds is 2. The van der Waals surface area contributed by atoms with Crippen LogP contribution in [-0.4, -0.2) is 19.1 Å². The average molecular weight is 152 g/mol. The molecule has 0 aliphatic rings. The summed E-state index contributed by atoms with van der Waals surface area (Å²) in [6, 6.07) is 5.63. The van der Waals surface area contributed by atoms with Gasteiger partial charge in [0.2, 0.25) is 0 Å². The van der Waals surface area contributed by atoms with Crippen LogP contribution in [0, 0.1) is 0 Å². The van der Waals surface area contributed by atoms with Gasteiger partial charge in [-0.1, -0.05) is 6.07 Å². The first-order valence-electron chi connectivity index (χ1n) is 3.35. The van der Waals surface area contributed by atoms with Crippen LogP contribution in [0.25, 0.3) is 0 Å². The largest absolute Gasteiger partial charge is 0.363 e. The zero-order valence-corrected chi connectivity index (χ0v) is 6.70. The van der Waals surface area contributed by atoms with E-state index in [1.807, 2.05) is 37.2 Å². The van der Waals surface area contributed by atoms with Crippen LogP contribution < -0.4 is 16.2 Å². The summed E-state index contributed by atoms with van der Waals surface area (Å²) >= 11 is 0. The lowest BCUT2D eigenvalue weighted by molar-refractivity contribution is 1.06. The summed E-state index contributed by atoms with van der Waals surface area (Å²) in [5, 5.41) is 0. The van der Waals surface area contributed by atoms with Gasteiger partial charge in [-0.2, -0.15) is 0 Å². The first-order chi connectivity index (χ1) is 5.24. The van der Waals surface area contributed by atoms with Crippen molar-refractivity contribution in [3.05, 3.63) is 18.2 Å². The highest BCUT2D eigenvalue weighted by atomic mass is 15.3. The second kappa shape index (κ2) is 3.21. The third kappa shape index (κ3) is 1.81. The molecule has 3 N–H and O–H groups in total. The highest BCUT2D eigenvalue weighted by molar-refractivity contribution is 5.45. The molecule has 1 aromatic heterocycles. The molecule has 1 heterocycles. The van der Waals surface area contributed by atoms with Gasteiger partial charge in [-0.15, -0.1) is 0 Å². The van der Waals surface area contributed by atoms with Crippen molar-refractivity contribution in [2.24, 2.45) is 5.84 Å². The molecular formula is C7H12N4. The number of hydrazine groups is 1. The summed E-state index contributed by atoms with van der Waals surface area (Å²) in [7, 11) is 3.87. The van der Waals surface area contributed by atoms with E-state index in [4.69, 9.17) is 5.84 Å². The van der Waals surface area contributed by atoms with Crippen molar-refractivity contribution in [2.45, 2.75) is 0 Å². The fraction of sp³-hybridized carbons (Fsp3) is 0.286. The molecule has 1 rings (SSSR count). The van der Waals surface area contributed by atoms with Gasteiger partial charge in [-0.3, -0.25) is 0 Å². The zero-order valence-electron chi connectivity index (χ0n) is 6.70. The molecule has 0 spiro atoms. The molecule has 1 aromatic rings. The van der Waals surface area contributed by atoms with Crippen LogP contribution in [0.3, 0.4) is 0 Å². The number of hydrogen-bond donors (Lipinski definition) is 2. The number of pyridine rings is 1. The van der Waals surface area contributed by atoms with Crippen molar-refractivity contribution in [2.75, 3.05) is 24.4 Å². The molecule has 0 fully saturated rings. The maximum atomic E-state index is 5.19. The topological polar surface area (TPSA) is 54.2 Å². The summed E-state index contributed by atoms with van der Waals surface area (Å²) in [5.41, 5.74) is 2.48. The average Bonchev–Trinajstić information content (AvgIpc) is 2.05. The third-order valence-corrected chi connectivity index (χ3v) is 1.34. The lowest BCUT2D eigenvalue weighted by Gasteiger charge is -2.11. The van der Waals surface area contributed by atoms with Crippen LogP contribution >= 0.6 is 0 Å². The molecule has 0 bridgehead atoms. The Morgan fingerprint density at radius 1 is 1.45 bits per heavy atom. The fourth-order valence-corrected chi connectivity index (χ4v) is 0.753. The van der Waals surface area contributed by atoms with Crippen LogP contribution in [0.2, 0.25) is 0 Å². The first-order valence-corrected chi connectivity index (χ1v) is 3.35. The Balaban J connectivity index is 2.91. The fourth-order valence-electron chi connectivity index (χ4n) is 0.753. The van der Waals surface area contributed by atoms with Gasteiger partial charge >= 0.3 is 0 Å². The molecule has 0 atom stereocenters. The SMILES string of the molecule is CN(C)c1cccc(NN)n1. The van der Waals surface area contributed by atoms with E-state index in [2.05, 4.69) is 10.4 Å². The van der Waals surface area contributed by atoms with E-state index in [9.17, 15) is 0 Å². The standard InChI is InChI=1S/C7H12N4/c1-11(2)7-5-3-4-6(9-7)10-8/h3-5H,8H2,1-2H3,(H,9,10). The molecule has 60 valence electrons. The minimum atomic E-state index is 0.677. The molecule has 4 heteroatoms. The van der Waals surface area contributed by atoms with Gasteiger partial charge < -0.3 is 10.3 Å². The van der Waals surface area contributed by atoms with E-state index in [0.717, 1.165) is 5.82 Å². The van der Waals surface area contributed by atoms with E-state index < -0.39 is 0 Å². The van der Waals surface area contributed by atoms with Crippen LogP contribution in [0.5, 0.6) is 0 Å². The maximum Gasteiger partial charge on any atom is 0.142 e. The molecule has 0 aliphatic heterocycles. The van der Waals surface area contributed by atoms with Crippen molar-refractivity contribution in [3.63, 3.8) is 0 Å². The molecule has 0 aromatic carbocycles. The second-order valence-corrected chi connectivity index (χ2v) is 2.42. The van der Waals surface area contributed by atoms with Gasteiger partial charge in [-0.05, 0) is 12.1 Å². The van der Waals surface area contributed by atoms with Crippen LogP contribution in [0.4, 0.5) is 11.6 Å². The summed E-state index contributed by atoms with van der Waals surface area (Å²) < 4.78 is 0. The van der Waals surface area contributed by atoms with Gasteiger partial charge in [0.05, 0.1) is 0 Å². The summed E-state index contributed by atoms with van der Waals surface area (Å²) in [6.07, 6.45) is 0. The number of nitrogens with one attached hydrogen (secondary N) is 1. The minimum absolute atomic E-state index is 0.677. The number of nitrogens with zero attached hydrogens (tertiary/aromatic N) is 2. The Bertz CT molecular complexity index is 234. The Labute approximate surface area is 66.0 Å². The molecular weight excluding hydrogens is 140 g/mol. The molecule has 0 radical (unpaired) electrons. The van der Waals surface area contributed by atoms with Crippen LogP contribution in [0.15, 0.2) is 18.2 Å². The van der Waals surface area contributed by atoms with Gasteiger partial charge in [0.15, 0.2) is 0 Å². The quantitative estimate of drug-likeness (QED) is 0.476. The van der Waals surface area contributed by atoms with E-state index in [0.29, 0.717) is 5.82 Å².